The minimum absolute atomic E-state index is 0.0555. The number of alkyl carbamates (subject to hydrolysis) is 1. The number of nitrogens with one attached hydrogen (secondary N) is 3. The standard InChI is InChI=1S/C16H19ClN4O3/c1-2-24-16(23)20-8-7-19-11-13(9-18)15(22)21-10-12-3-5-14(17)6-4-12/h3-6,11,19H,2,7-8,10H2,1H3,(H,20,23)(H,21,22)/b13-11-. The fourth-order valence-corrected chi connectivity index (χ4v) is 1.75. The Labute approximate surface area is 145 Å². The molecule has 0 aromatic heterocycles. The fraction of sp³-hybridized carbons (Fsp3) is 0.312. The molecule has 0 radical (unpaired) electrons. The third-order valence-electron chi connectivity index (χ3n) is 2.79. The molecule has 1 aromatic carbocycles. The van der Waals surface area contributed by atoms with Crippen molar-refractivity contribution in [2.45, 2.75) is 13.5 Å². The normalized spacial score (nSPS) is 10.5. The van der Waals surface area contributed by atoms with Crippen LogP contribution in [0.15, 0.2) is 36.0 Å². The lowest BCUT2D eigenvalue weighted by Crippen LogP contribution is -2.31. The summed E-state index contributed by atoms with van der Waals surface area (Å²) < 4.78 is 4.69. The molecule has 0 atom stereocenters. The number of nitrogens with zero attached hydrogens (tertiary/aromatic N) is 1. The van der Waals surface area contributed by atoms with Crippen molar-refractivity contribution in [3.05, 3.63) is 46.6 Å². The second-order valence-corrected chi connectivity index (χ2v) is 5.02. The number of carbonyl (C=O) groups excluding carboxylic acids is 2. The average molecular weight is 351 g/mol. The highest BCUT2D eigenvalue weighted by molar-refractivity contribution is 6.30. The van der Waals surface area contributed by atoms with Crippen molar-refractivity contribution in [2.24, 2.45) is 0 Å². The van der Waals surface area contributed by atoms with Crippen LogP contribution in [0.4, 0.5) is 4.79 Å². The van der Waals surface area contributed by atoms with Crippen LogP contribution in [0.1, 0.15) is 12.5 Å². The van der Waals surface area contributed by atoms with Gasteiger partial charge in [0.1, 0.15) is 11.6 Å². The van der Waals surface area contributed by atoms with Gasteiger partial charge < -0.3 is 20.7 Å². The Kier molecular flexibility index (Phi) is 8.79. The van der Waals surface area contributed by atoms with Crippen molar-refractivity contribution in [2.75, 3.05) is 19.7 Å². The topological polar surface area (TPSA) is 103 Å². The largest absolute Gasteiger partial charge is 0.450 e. The van der Waals surface area contributed by atoms with Gasteiger partial charge in [-0.15, -0.1) is 0 Å². The minimum Gasteiger partial charge on any atom is -0.450 e. The highest BCUT2D eigenvalue weighted by atomic mass is 35.5. The lowest BCUT2D eigenvalue weighted by Gasteiger charge is -2.06. The summed E-state index contributed by atoms with van der Waals surface area (Å²) in [6.45, 7) is 2.96. The molecule has 0 aliphatic carbocycles. The number of carbonyl (C=O) groups is 2. The molecule has 0 saturated heterocycles. The highest BCUT2D eigenvalue weighted by Crippen LogP contribution is 2.09. The van der Waals surface area contributed by atoms with Crippen molar-refractivity contribution in [3.63, 3.8) is 0 Å². The zero-order valence-corrected chi connectivity index (χ0v) is 14.0. The van der Waals surface area contributed by atoms with Crippen molar-refractivity contribution in [3.8, 4) is 6.07 Å². The number of ether oxygens (including phenoxy) is 1. The summed E-state index contributed by atoms with van der Waals surface area (Å²) in [6.07, 6.45) is 0.800. The Morgan fingerprint density at radius 3 is 2.58 bits per heavy atom. The van der Waals surface area contributed by atoms with E-state index < -0.39 is 12.0 Å². The number of hydrogen-bond acceptors (Lipinski definition) is 5. The highest BCUT2D eigenvalue weighted by Gasteiger charge is 2.08. The molecule has 0 spiro atoms. The first-order chi connectivity index (χ1) is 11.6. The molecule has 8 heteroatoms. The molecule has 7 nitrogen and oxygen atoms in total. The van der Waals surface area contributed by atoms with E-state index in [9.17, 15) is 9.59 Å². The summed E-state index contributed by atoms with van der Waals surface area (Å²) in [6, 6.07) is 8.85. The van der Waals surface area contributed by atoms with Crippen molar-refractivity contribution < 1.29 is 14.3 Å². The van der Waals surface area contributed by atoms with E-state index in [4.69, 9.17) is 21.6 Å². The Hall–Kier alpha value is -2.72. The van der Waals surface area contributed by atoms with Crippen LogP contribution in [0.25, 0.3) is 0 Å². The summed E-state index contributed by atoms with van der Waals surface area (Å²) in [5.74, 6) is -0.488. The molecule has 1 rings (SSSR count). The third kappa shape index (κ3) is 7.51. The van der Waals surface area contributed by atoms with E-state index in [-0.39, 0.29) is 5.57 Å². The average Bonchev–Trinajstić information content (AvgIpc) is 2.57. The van der Waals surface area contributed by atoms with Crippen LogP contribution in [0, 0.1) is 11.3 Å². The molecule has 3 N–H and O–H groups in total. The summed E-state index contributed by atoms with van der Waals surface area (Å²) in [5.41, 5.74) is 0.816. The zero-order valence-electron chi connectivity index (χ0n) is 13.3. The van der Waals surface area contributed by atoms with Gasteiger partial charge in [-0.25, -0.2) is 4.79 Å². The quantitative estimate of drug-likeness (QED) is 0.376. The van der Waals surface area contributed by atoms with E-state index in [0.29, 0.717) is 31.3 Å². The van der Waals surface area contributed by atoms with Gasteiger partial charge in [0, 0.05) is 30.9 Å². The molecular weight excluding hydrogens is 332 g/mol. The van der Waals surface area contributed by atoms with E-state index in [0.717, 1.165) is 5.56 Å². The van der Waals surface area contributed by atoms with Crippen LogP contribution >= 0.6 is 11.6 Å². The van der Waals surface area contributed by atoms with Crippen LogP contribution in [-0.2, 0) is 16.1 Å². The molecule has 0 fully saturated rings. The van der Waals surface area contributed by atoms with Crippen LogP contribution in [0.3, 0.4) is 0 Å². The first-order valence-electron chi connectivity index (χ1n) is 7.33. The predicted molar refractivity (Wildman–Crippen MR) is 90.0 cm³/mol. The van der Waals surface area contributed by atoms with E-state index in [2.05, 4.69) is 16.0 Å². The van der Waals surface area contributed by atoms with E-state index in [1.165, 1.54) is 6.20 Å². The molecule has 0 bridgehead atoms. The van der Waals surface area contributed by atoms with Gasteiger partial charge in [0.25, 0.3) is 5.91 Å². The Morgan fingerprint density at radius 2 is 1.96 bits per heavy atom. The van der Waals surface area contributed by atoms with Crippen LogP contribution in [0.5, 0.6) is 0 Å². The molecule has 0 heterocycles. The zero-order chi connectivity index (χ0) is 17.8. The molecule has 2 amide bonds. The fourth-order valence-electron chi connectivity index (χ4n) is 1.62. The number of amides is 2. The molecule has 128 valence electrons. The Morgan fingerprint density at radius 1 is 1.25 bits per heavy atom. The molecular formula is C16H19ClN4O3. The number of benzene rings is 1. The lowest BCUT2D eigenvalue weighted by atomic mass is 10.2. The Balaban J connectivity index is 2.36. The summed E-state index contributed by atoms with van der Waals surface area (Å²) >= 11 is 5.79. The summed E-state index contributed by atoms with van der Waals surface area (Å²) in [7, 11) is 0. The van der Waals surface area contributed by atoms with E-state index >= 15 is 0 Å². The van der Waals surface area contributed by atoms with Crippen LogP contribution in [0.2, 0.25) is 5.02 Å². The Bertz CT molecular complexity index is 623. The van der Waals surface area contributed by atoms with Gasteiger partial charge >= 0.3 is 6.09 Å². The maximum absolute atomic E-state index is 11.9. The maximum atomic E-state index is 11.9. The molecule has 1 aromatic rings. The number of rotatable bonds is 8. The van der Waals surface area contributed by atoms with Gasteiger partial charge in [-0.1, -0.05) is 23.7 Å². The van der Waals surface area contributed by atoms with Gasteiger partial charge in [-0.2, -0.15) is 5.26 Å². The molecule has 0 aliphatic heterocycles. The smallest absolute Gasteiger partial charge is 0.407 e. The van der Waals surface area contributed by atoms with Gasteiger partial charge in [-0.3, -0.25) is 4.79 Å². The van der Waals surface area contributed by atoms with Crippen molar-refractivity contribution >= 4 is 23.6 Å². The third-order valence-corrected chi connectivity index (χ3v) is 3.04. The predicted octanol–water partition coefficient (Wildman–Crippen LogP) is 1.70. The van der Waals surface area contributed by atoms with Crippen LogP contribution < -0.4 is 16.0 Å². The second kappa shape index (κ2) is 10.9. The number of hydrogen-bond donors (Lipinski definition) is 3. The van der Waals surface area contributed by atoms with E-state index in [1.54, 1.807) is 31.2 Å². The van der Waals surface area contributed by atoms with Gasteiger partial charge in [0.15, 0.2) is 0 Å². The SMILES string of the molecule is CCOC(=O)NCCN/C=C(/C#N)C(=O)NCc1ccc(Cl)cc1. The second-order valence-electron chi connectivity index (χ2n) is 4.58. The van der Waals surface area contributed by atoms with Gasteiger partial charge in [0.05, 0.1) is 6.61 Å². The van der Waals surface area contributed by atoms with Gasteiger partial charge in [-0.05, 0) is 24.6 Å². The van der Waals surface area contributed by atoms with E-state index in [1.807, 2.05) is 6.07 Å². The maximum Gasteiger partial charge on any atom is 0.407 e. The van der Waals surface area contributed by atoms with Crippen molar-refractivity contribution in [1.29, 1.82) is 5.26 Å². The first-order valence-corrected chi connectivity index (χ1v) is 7.71. The lowest BCUT2D eigenvalue weighted by molar-refractivity contribution is -0.117. The number of halogens is 1. The molecule has 0 aliphatic rings. The number of nitriles is 1. The van der Waals surface area contributed by atoms with Crippen molar-refractivity contribution in [1.82, 2.24) is 16.0 Å². The summed E-state index contributed by atoms with van der Waals surface area (Å²) in [4.78, 5) is 23.0. The minimum atomic E-state index is -0.510. The monoisotopic (exact) mass is 350 g/mol. The van der Waals surface area contributed by atoms with Gasteiger partial charge in [0.2, 0.25) is 0 Å². The summed E-state index contributed by atoms with van der Waals surface area (Å²) in [5, 5.41) is 17.6. The molecule has 0 unspecified atom stereocenters. The first kappa shape index (κ1) is 19.3. The molecule has 24 heavy (non-hydrogen) atoms. The van der Waals surface area contributed by atoms with Crippen LogP contribution in [-0.4, -0.2) is 31.7 Å². The molecule has 0 saturated carbocycles.